The monoisotopic (exact) mass is 428 g/mol. The van der Waals surface area contributed by atoms with Crippen LogP contribution >= 0.6 is 0 Å². The number of piperazine rings is 1. The molecule has 30 heavy (non-hydrogen) atoms. The van der Waals surface area contributed by atoms with Crippen molar-refractivity contribution in [2.75, 3.05) is 27.3 Å². The number of aliphatic hydroxyl groups is 1. The predicted octanol–water partition coefficient (Wildman–Crippen LogP) is 1.76. The summed E-state index contributed by atoms with van der Waals surface area (Å²) >= 11 is 0. The SMILES string of the molecule is COC1CCC(C(=O)N2[C@H](C)CN(C(=O)C3CCC(OC)C(O)C3)C[C@H]2C)C(F)C1. The Labute approximate surface area is 178 Å². The zero-order chi connectivity index (χ0) is 22.0. The summed E-state index contributed by atoms with van der Waals surface area (Å²) in [6, 6.07) is -0.337. The highest BCUT2D eigenvalue weighted by Gasteiger charge is 2.44. The second-order valence-corrected chi connectivity index (χ2v) is 9.33. The number of nitrogens with zero attached hydrogens (tertiary/aromatic N) is 2. The van der Waals surface area contributed by atoms with Crippen molar-refractivity contribution in [3.8, 4) is 0 Å². The highest BCUT2D eigenvalue weighted by molar-refractivity contribution is 5.82. The van der Waals surface area contributed by atoms with E-state index < -0.39 is 18.2 Å². The number of hydrogen-bond donors (Lipinski definition) is 1. The van der Waals surface area contributed by atoms with Crippen molar-refractivity contribution >= 4 is 11.8 Å². The maximum absolute atomic E-state index is 14.7. The van der Waals surface area contributed by atoms with E-state index in [1.807, 2.05) is 18.7 Å². The molecule has 1 saturated heterocycles. The lowest BCUT2D eigenvalue weighted by molar-refractivity contribution is -0.156. The molecular weight excluding hydrogens is 391 g/mol. The van der Waals surface area contributed by atoms with Crippen LogP contribution in [0.2, 0.25) is 0 Å². The van der Waals surface area contributed by atoms with E-state index in [4.69, 9.17) is 9.47 Å². The van der Waals surface area contributed by atoms with Crippen LogP contribution in [-0.2, 0) is 19.1 Å². The minimum absolute atomic E-state index is 0.0402. The number of aliphatic hydroxyl groups excluding tert-OH is 1. The smallest absolute Gasteiger partial charge is 0.229 e. The van der Waals surface area contributed by atoms with E-state index in [-0.39, 0.29) is 48.4 Å². The van der Waals surface area contributed by atoms with Crippen molar-refractivity contribution in [2.24, 2.45) is 11.8 Å². The van der Waals surface area contributed by atoms with E-state index >= 15 is 0 Å². The van der Waals surface area contributed by atoms with Gasteiger partial charge in [0.15, 0.2) is 0 Å². The highest BCUT2D eigenvalue weighted by Crippen LogP contribution is 2.33. The average Bonchev–Trinajstić information content (AvgIpc) is 2.72. The van der Waals surface area contributed by atoms with E-state index in [0.717, 1.165) is 0 Å². The zero-order valence-electron chi connectivity index (χ0n) is 18.6. The van der Waals surface area contributed by atoms with E-state index in [9.17, 15) is 19.1 Å². The molecule has 172 valence electrons. The lowest BCUT2D eigenvalue weighted by atomic mass is 9.83. The van der Waals surface area contributed by atoms with Crippen molar-refractivity contribution in [1.29, 1.82) is 0 Å². The second kappa shape index (κ2) is 9.92. The average molecular weight is 429 g/mol. The van der Waals surface area contributed by atoms with E-state index in [2.05, 4.69) is 0 Å². The van der Waals surface area contributed by atoms with E-state index in [1.54, 1.807) is 19.1 Å². The van der Waals surface area contributed by atoms with Crippen LogP contribution in [0.5, 0.6) is 0 Å². The Morgan fingerprint density at radius 2 is 1.60 bits per heavy atom. The van der Waals surface area contributed by atoms with Crippen LogP contribution in [0, 0.1) is 11.8 Å². The van der Waals surface area contributed by atoms with Crippen LogP contribution in [0.15, 0.2) is 0 Å². The van der Waals surface area contributed by atoms with Crippen molar-refractivity contribution in [3.05, 3.63) is 0 Å². The van der Waals surface area contributed by atoms with Gasteiger partial charge in [-0.2, -0.15) is 0 Å². The van der Waals surface area contributed by atoms with Crippen molar-refractivity contribution < 1.29 is 28.6 Å². The number of carbonyl (C=O) groups excluding carboxylic acids is 2. The molecule has 7 nitrogen and oxygen atoms in total. The van der Waals surface area contributed by atoms with Gasteiger partial charge in [-0.25, -0.2) is 4.39 Å². The van der Waals surface area contributed by atoms with Crippen LogP contribution in [0.3, 0.4) is 0 Å². The Morgan fingerprint density at radius 1 is 0.933 bits per heavy atom. The molecule has 3 aliphatic rings. The van der Waals surface area contributed by atoms with Gasteiger partial charge in [0.25, 0.3) is 0 Å². The molecule has 0 spiro atoms. The molecular formula is C22H37FN2O5. The number of halogens is 1. The summed E-state index contributed by atoms with van der Waals surface area (Å²) in [6.45, 7) is 4.75. The Morgan fingerprint density at radius 3 is 2.13 bits per heavy atom. The summed E-state index contributed by atoms with van der Waals surface area (Å²) in [4.78, 5) is 29.8. The Kier molecular flexibility index (Phi) is 7.74. The summed E-state index contributed by atoms with van der Waals surface area (Å²) in [7, 11) is 3.17. The van der Waals surface area contributed by atoms with Gasteiger partial charge in [0.1, 0.15) is 6.17 Å². The lowest BCUT2D eigenvalue weighted by Crippen LogP contribution is -2.62. The van der Waals surface area contributed by atoms with Gasteiger partial charge < -0.3 is 24.4 Å². The quantitative estimate of drug-likeness (QED) is 0.738. The number of amides is 2. The predicted molar refractivity (Wildman–Crippen MR) is 110 cm³/mol. The summed E-state index contributed by atoms with van der Waals surface area (Å²) in [6.07, 6.45) is 1.10. The number of alkyl halides is 1. The zero-order valence-corrected chi connectivity index (χ0v) is 18.6. The largest absolute Gasteiger partial charge is 0.390 e. The molecule has 8 heteroatoms. The van der Waals surface area contributed by atoms with Gasteiger partial charge in [0.2, 0.25) is 11.8 Å². The molecule has 8 atom stereocenters. The summed E-state index contributed by atoms with van der Waals surface area (Å²) in [5.41, 5.74) is 0. The molecule has 0 bridgehead atoms. The summed E-state index contributed by atoms with van der Waals surface area (Å²) < 4.78 is 25.2. The van der Waals surface area contributed by atoms with Crippen LogP contribution in [-0.4, -0.2) is 90.6 Å². The lowest BCUT2D eigenvalue weighted by Gasteiger charge is -2.47. The van der Waals surface area contributed by atoms with E-state index in [0.29, 0.717) is 45.2 Å². The van der Waals surface area contributed by atoms with Gasteiger partial charge in [-0.1, -0.05) is 0 Å². The number of ether oxygens (including phenoxy) is 2. The first-order chi connectivity index (χ1) is 14.3. The maximum atomic E-state index is 14.7. The second-order valence-electron chi connectivity index (χ2n) is 9.33. The fraction of sp³-hybridized carbons (Fsp3) is 0.909. The normalized spacial score (nSPS) is 40.3. The van der Waals surface area contributed by atoms with Gasteiger partial charge >= 0.3 is 0 Å². The van der Waals surface area contributed by atoms with Crippen LogP contribution < -0.4 is 0 Å². The molecule has 2 amide bonds. The molecule has 0 aromatic heterocycles. The minimum atomic E-state index is -1.19. The molecule has 0 aromatic carbocycles. The third kappa shape index (κ3) is 4.81. The molecule has 3 fully saturated rings. The summed E-state index contributed by atoms with van der Waals surface area (Å²) in [5, 5.41) is 10.2. The third-order valence-electron chi connectivity index (χ3n) is 7.27. The fourth-order valence-corrected chi connectivity index (χ4v) is 5.58. The third-order valence-corrected chi connectivity index (χ3v) is 7.27. The Balaban J connectivity index is 1.60. The molecule has 2 aliphatic carbocycles. The van der Waals surface area contributed by atoms with Gasteiger partial charge in [0, 0.05) is 51.7 Å². The van der Waals surface area contributed by atoms with E-state index in [1.165, 1.54) is 0 Å². The Hall–Kier alpha value is -1.25. The van der Waals surface area contributed by atoms with Crippen molar-refractivity contribution in [2.45, 2.75) is 88.9 Å². The molecule has 1 N–H and O–H groups in total. The molecule has 6 unspecified atom stereocenters. The molecule has 1 heterocycles. The van der Waals surface area contributed by atoms with Crippen molar-refractivity contribution in [3.63, 3.8) is 0 Å². The van der Waals surface area contributed by atoms with Crippen LogP contribution in [0.4, 0.5) is 4.39 Å². The first-order valence-corrected chi connectivity index (χ1v) is 11.2. The number of hydrogen-bond acceptors (Lipinski definition) is 5. The molecule has 3 rings (SSSR count). The van der Waals surface area contributed by atoms with Crippen LogP contribution in [0.25, 0.3) is 0 Å². The highest BCUT2D eigenvalue weighted by atomic mass is 19.1. The first-order valence-electron chi connectivity index (χ1n) is 11.2. The molecule has 2 saturated carbocycles. The topological polar surface area (TPSA) is 79.3 Å². The van der Waals surface area contributed by atoms with Gasteiger partial charge in [0.05, 0.1) is 24.2 Å². The maximum Gasteiger partial charge on any atom is 0.229 e. The first kappa shape index (κ1) is 23.4. The Bertz CT molecular complexity index is 608. The van der Waals surface area contributed by atoms with Crippen molar-refractivity contribution in [1.82, 2.24) is 9.80 Å². The minimum Gasteiger partial charge on any atom is -0.390 e. The van der Waals surface area contributed by atoms with Gasteiger partial charge in [-0.15, -0.1) is 0 Å². The molecule has 1 aliphatic heterocycles. The number of carbonyl (C=O) groups is 2. The molecule has 0 radical (unpaired) electrons. The standard InChI is InChI=1S/C22H37FN2O5/c1-13-11-24(21(27)15-5-8-20(30-4)19(26)9-15)12-14(2)25(13)22(28)17-7-6-16(29-3)10-18(17)23/h13-20,26H,5-12H2,1-4H3/t13-,14-,15?,16?,17?,18?,19?,20?/m1/s1. The number of rotatable bonds is 4. The molecule has 0 aromatic rings. The van der Waals surface area contributed by atoms with Gasteiger partial charge in [-0.05, 0) is 46.0 Å². The number of methoxy groups -OCH3 is 2. The van der Waals surface area contributed by atoms with Crippen LogP contribution in [0.1, 0.15) is 52.4 Å². The fourth-order valence-electron chi connectivity index (χ4n) is 5.58. The van der Waals surface area contributed by atoms with Gasteiger partial charge in [-0.3, -0.25) is 9.59 Å². The summed E-state index contributed by atoms with van der Waals surface area (Å²) in [5.74, 6) is -0.936.